The molecule has 0 aliphatic heterocycles. The van der Waals surface area contributed by atoms with Crippen molar-refractivity contribution in [3.8, 4) is 22.4 Å². The van der Waals surface area contributed by atoms with E-state index in [0.717, 1.165) is 17.7 Å². The number of aliphatic hydroxyl groups is 1. The van der Waals surface area contributed by atoms with E-state index in [-0.39, 0.29) is 12.5 Å². The summed E-state index contributed by atoms with van der Waals surface area (Å²) in [5, 5.41) is 13.6. The van der Waals surface area contributed by atoms with E-state index < -0.39 is 30.0 Å². The Morgan fingerprint density at radius 2 is 1.32 bits per heavy atom. The lowest BCUT2D eigenvalue weighted by Gasteiger charge is -2.23. The van der Waals surface area contributed by atoms with Crippen molar-refractivity contribution in [1.29, 1.82) is 0 Å². The van der Waals surface area contributed by atoms with E-state index in [9.17, 15) is 27.1 Å². The summed E-state index contributed by atoms with van der Waals surface area (Å²) in [5.41, 5.74) is 3.98. The second-order valence-corrected chi connectivity index (χ2v) is 8.93. The number of aromatic nitrogens is 1. The van der Waals surface area contributed by atoms with Gasteiger partial charge in [-0.15, -0.1) is 0 Å². The van der Waals surface area contributed by atoms with E-state index in [2.05, 4.69) is 5.32 Å². The first kappa shape index (κ1) is 26.3. The fraction of sp³-hybridized carbons (Fsp3) is 0.207. The summed E-state index contributed by atoms with van der Waals surface area (Å²) in [6, 6.07) is 16.3. The standard InChI is InChI=1S/C29H25F5N2O/c1-17(2)27-24(15-35-23-13-7-20(8-14-23)29(32,33)34)26(18-3-9-21(30)10-4-18)25(16-37)28(36-27)19-5-11-22(31)12-6-19/h3-14,17,35,37H,15-16H2,1-2H3. The summed E-state index contributed by atoms with van der Waals surface area (Å²) in [6.07, 6.45) is -4.44. The van der Waals surface area contributed by atoms with E-state index in [1.165, 1.54) is 36.4 Å². The maximum absolute atomic E-state index is 13.8. The van der Waals surface area contributed by atoms with Gasteiger partial charge < -0.3 is 10.4 Å². The monoisotopic (exact) mass is 512 g/mol. The maximum atomic E-state index is 13.8. The second-order valence-electron chi connectivity index (χ2n) is 8.93. The van der Waals surface area contributed by atoms with Crippen LogP contribution >= 0.6 is 0 Å². The fourth-order valence-corrected chi connectivity index (χ4v) is 4.27. The van der Waals surface area contributed by atoms with Crippen molar-refractivity contribution in [3.05, 3.63) is 107 Å². The lowest BCUT2D eigenvalue weighted by Crippen LogP contribution is -2.13. The molecular formula is C29H25F5N2O. The van der Waals surface area contributed by atoms with Crippen molar-refractivity contribution in [2.24, 2.45) is 0 Å². The van der Waals surface area contributed by atoms with Crippen LogP contribution in [0.3, 0.4) is 0 Å². The van der Waals surface area contributed by atoms with Gasteiger partial charge in [-0.25, -0.2) is 8.78 Å². The third-order valence-electron chi connectivity index (χ3n) is 6.07. The molecular weight excluding hydrogens is 487 g/mol. The van der Waals surface area contributed by atoms with Crippen molar-refractivity contribution in [2.45, 2.75) is 39.1 Å². The quantitative estimate of drug-likeness (QED) is 0.247. The van der Waals surface area contributed by atoms with E-state index in [1.807, 2.05) is 13.8 Å². The first-order valence-corrected chi connectivity index (χ1v) is 11.7. The third kappa shape index (κ3) is 5.80. The smallest absolute Gasteiger partial charge is 0.392 e. The molecule has 0 saturated heterocycles. The highest BCUT2D eigenvalue weighted by atomic mass is 19.4. The van der Waals surface area contributed by atoms with E-state index in [1.54, 1.807) is 24.3 Å². The first-order valence-electron chi connectivity index (χ1n) is 11.7. The number of halogens is 5. The predicted molar refractivity (Wildman–Crippen MR) is 134 cm³/mol. The second kappa shape index (κ2) is 10.7. The summed E-state index contributed by atoms with van der Waals surface area (Å²) in [6.45, 7) is 3.70. The molecule has 3 aromatic carbocycles. The molecule has 0 saturated carbocycles. The fourth-order valence-electron chi connectivity index (χ4n) is 4.27. The van der Waals surface area contributed by atoms with Crippen LogP contribution in [-0.4, -0.2) is 10.1 Å². The van der Waals surface area contributed by atoms with Crippen LogP contribution in [0, 0.1) is 11.6 Å². The van der Waals surface area contributed by atoms with Gasteiger partial charge in [0.05, 0.1) is 17.9 Å². The Morgan fingerprint density at radius 3 is 1.81 bits per heavy atom. The Balaban J connectivity index is 1.87. The van der Waals surface area contributed by atoms with E-state index >= 15 is 0 Å². The van der Waals surface area contributed by atoms with Crippen LogP contribution < -0.4 is 5.32 Å². The molecule has 3 nitrogen and oxygen atoms in total. The molecule has 2 N–H and O–H groups in total. The van der Waals surface area contributed by atoms with Crippen molar-refractivity contribution >= 4 is 5.69 Å². The SMILES string of the molecule is CC(C)c1nc(-c2ccc(F)cc2)c(CO)c(-c2ccc(F)cc2)c1CNc1ccc(C(F)(F)F)cc1. The van der Waals surface area contributed by atoms with Gasteiger partial charge in [0, 0.05) is 34.6 Å². The molecule has 0 unspecified atom stereocenters. The van der Waals surface area contributed by atoms with Crippen LogP contribution in [0.1, 0.15) is 42.1 Å². The number of hydrogen-bond donors (Lipinski definition) is 2. The lowest BCUT2D eigenvalue weighted by atomic mass is 9.88. The summed E-state index contributed by atoms with van der Waals surface area (Å²) in [5.74, 6) is -0.902. The average molecular weight is 513 g/mol. The van der Waals surface area contributed by atoms with Gasteiger partial charge in [-0.1, -0.05) is 26.0 Å². The van der Waals surface area contributed by atoms with Crippen molar-refractivity contribution < 1.29 is 27.1 Å². The molecule has 0 bridgehead atoms. The molecule has 0 spiro atoms. The van der Waals surface area contributed by atoms with Gasteiger partial charge in [0.15, 0.2) is 0 Å². The largest absolute Gasteiger partial charge is 0.416 e. The molecule has 37 heavy (non-hydrogen) atoms. The van der Waals surface area contributed by atoms with Crippen LogP contribution in [-0.2, 0) is 19.3 Å². The molecule has 0 radical (unpaired) electrons. The van der Waals surface area contributed by atoms with Gasteiger partial charge >= 0.3 is 6.18 Å². The Kier molecular flexibility index (Phi) is 7.59. The van der Waals surface area contributed by atoms with Gasteiger partial charge in [-0.2, -0.15) is 13.2 Å². The van der Waals surface area contributed by atoms with Gasteiger partial charge in [-0.05, 0) is 77.7 Å². The van der Waals surface area contributed by atoms with Crippen molar-refractivity contribution in [2.75, 3.05) is 5.32 Å². The number of nitrogens with one attached hydrogen (secondary N) is 1. The molecule has 0 aliphatic carbocycles. The molecule has 0 aliphatic rings. The summed E-state index contributed by atoms with van der Waals surface area (Å²) < 4.78 is 66.3. The number of pyridine rings is 1. The number of hydrogen-bond acceptors (Lipinski definition) is 3. The minimum Gasteiger partial charge on any atom is -0.392 e. The number of aliphatic hydroxyl groups excluding tert-OH is 1. The zero-order valence-electron chi connectivity index (χ0n) is 20.2. The summed E-state index contributed by atoms with van der Waals surface area (Å²) in [7, 11) is 0. The Morgan fingerprint density at radius 1 is 0.784 bits per heavy atom. The molecule has 192 valence electrons. The minimum absolute atomic E-state index is 0.0736. The number of alkyl halides is 3. The molecule has 8 heteroatoms. The van der Waals surface area contributed by atoms with Gasteiger partial charge in [0.2, 0.25) is 0 Å². The molecule has 1 aromatic heterocycles. The molecule has 4 rings (SSSR count). The Bertz CT molecular complexity index is 1360. The van der Waals surface area contributed by atoms with Gasteiger partial charge in [-0.3, -0.25) is 4.98 Å². The predicted octanol–water partition coefficient (Wildman–Crippen LogP) is 7.94. The first-order chi connectivity index (χ1) is 17.6. The Hall–Kier alpha value is -3.78. The number of nitrogens with zero attached hydrogens (tertiary/aromatic N) is 1. The zero-order chi connectivity index (χ0) is 26.7. The average Bonchev–Trinajstić information content (AvgIpc) is 2.87. The summed E-state index contributed by atoms with van der Waals surface area (Å²) in [4.78, 5) is 4.86. The number of anilines is 1. The molecule has 4 aromatic rings. The molecule has 1 heterocycles. The molecule has 0 amide bonds. The number of benzene rings is 3. The highest BCUT2D eigenvalue weighted by Crippen LogP contribution is 2.38. The van der Waals surface area contributed by atoms with Crippen LogP contribution in [0.2, 0.25) is 0 Å². The zero-order valence-corrected chi connectivity index (χ0v) is 20.2. The van der Waals surface area contributed by atoms with Crippen LogP contribution in [0.15, 0.2) is 72.8 Å². The van der Waals surface area contributed by atoms with E-state index in [0.29, 0.717) is 39.3 Å². The van der Waals surface area contributed by atoms with Crippen LogP contribution in [0.5, 0.6) is 0 Å². The highest BCUT2D eigenvalue weighted by Gasteiger charge is 2.30. The Labute approximate surface area is 211 Å². The van der Waals surface area contributed by atoms with Crippen LogP contribution in [0.4, 0.5) is 27.6 Å². The lowest BCUT2D eigenvalue weighted by molar-refractivity contribution is -0.137. The third-order valence-corrected chi connectivity index (χ3v) is 6.07. The maximum Gasteiger partial charge on any atom is 0.416 e. The molecule has 0 fully saturated rings. The summed E-state index contributed by atoms with van der Waals surface area (Å²) >= 11 is 0. The minimum atomic E-state index is -4.44. The topological polar surface area (TPSA) is 45.2 Å². The van der Waals surface area contributed by atoms with Gasteiger partial charge in [0.25, 0.3) is 0 Å². The number of rotatable bonds is 7. The highest BCUT2D eigenvalue weighted by molar-refractivity contribution is 5.80. The van der Waals surface area contributed by atoms with Crippen molar-refractivity contribution in [3.63, 3.8) is 0 Å². The van der Waals surface area contributed by atoms with Crippen molar-refractivity contribution in [1.82, 2.24) is 4.98 Å². The normalized spacial score (nSPS) is 11.7. The van der Waals surface area contributed by atoms with Gasteiger partial charge in [0.1, 0.15) is 11.6 Å². The van der Waals surface area contributed by atoms with Crippen LogP contribution in [0.25, 0.3) is 22.4 Å². The van der Waals surface area contributed by atoms with E-state index in [4.69, 9.17) is 4.98 Å². The molecule has 0 atom stereocenters.